The molecule has 20 heavy (non-hydrogen) atoms. The molecule has 0 aliphatic heterocycles. The highest BCUT2D eigenvalue weighted by Gasteiger charge is 2.14. The van der Waals surface area contributed by atoms with E-state index in [1.165, 1.54) is 18.2 Å². The third-order valence-corrected chi connectivity index (χ3v) is 3.16. The topological polar surface area (TPSA) is 78.4 Å². The van der Waals surface area contributed by atoms with Gasteiger partial charge in [0.2, 0.25) is 0 Å². The van der Waals surface area contributed by atoms with E-state index in [-0.39, 0.29) is 17.3 Å². The predicted octanol–water partition coefficient (Wildman–Crippen LogP) is 3.74. The summed E-state index contributed by atoms with van der Waals surface area (Å²) in [4.78, 5) is 23.0. The molecule has 0 saturated carbocycles. The molecule has 0 bridgehead atoms. The highest BCUT2D eigenvalue weighted by molar-refractivity contribution is 6.31. The third-order valence-electron chi connectivity index (χ3n) is 2.93. The average Bonchev–Trinajstić information content (AvgIpc) is 2.40. The number of carbonyl (C=O) groups excluding carboxylic acids is 1. The number of urea groups is 1. The summed E-state index contributed by atoms with van der Waals surface area (Å²) in [6.07, 6.45) is 2.68. The number of hydrogen-bond donors (Lipinski definition) is 3. The van der Waals surface area contributed by atoms with Gasteiger partial charge in [-0.1, -0.05) is 31.9 Å². The van der Waals surface area contributed by atoms with E-state index in [0.29, 0.717) is 5.02 Å². The molecule has 1 atom stereocenters. The van der Waals surface area contributed by atoms with Gasteiger partial charge in [-0.2, -0.15) is 0 Å². The lowest BCUT2D eigenvalue weighted by atomic mass is 10.1. The zero-order valence-electron chi connectivity index (χ0n) is 11.6. The zero-order chi connectivity index (χ0) is 15.1. The van der Waals surface area contributed by atoms with Crippen molar-refractivity contribution in [3.05, 3.63) is 28.8 Å². The van der Waals surface area contributed by atoms with Crippen molar-refractivity contribution < 1.29 is 14.7 Å². The van der Waals surface area contributed by atoms with Gasteiger partial charge in [0.05, 0.1) is 11.3 Å². The Morgan fingerprint density at radius 3 is 2.60 bits per heavy atom. The molecular weight excluding hydrogens is 280 g/mol. The van der Waals surface area contributed by atoms with Crippen molar-refractivity contribution in [2.45, 2.75) is 39.2 Å². The fraction of sp³-hybridized carbons (Fsp3) is 0.429. The number of anilines is 1. The Morgan fingerprint density at radius 1 is 1.35 bits per heavy atom. The smallest absolute Gasteiger partial charge is 0.337 e. The van der Waals surface area contributed by atoms with E-state index in [4.69, 9.17) is 16.7 Å². The first-order valence-electron chi connectivity index (χ1n) is 6.58. The summed E-state index contributed by atoms with van der Waals surface area (Å²) in [6, 6.07) is 4.00. The van der Waals surface area contributed by atoms with Crippen LogP contribution < -0.4 is 10.6 Å². The van der Waals surface area contributed by atoms with E-state index >= 15 is 0 Å². The molecule has 1 aromatic carbocycles. The van der Waals surface area contributed by atoms with Crippen LogP contribution in [-0.2, 0) is 0 Å². The molecule has 0 heterocycles. The molecule has 5 nitrogen and oxygen atoms in total. The number of nitrogens with one attached hydrogen (secondary N) is 2. The molecule has 0 aromatic heterocycles. The Bertz CT molecular complexity index is 491. The normalized spacial score (nSPS) is 11.8. The summed E-state index contributed by atoms with van der Waals surface area (Å²) in [5.41, 5.74) is 0.196. The van der Waals surface area contributed by atoms with Crippen molar-refractivity contribution in [3.8, 4) is 0 Å². The molecule has 6 heteroatoms. The van der Waals surface area contributed by atoms with Gasteiger partial charge in [0.15, 0.2) is 0 Å². The zero-order valence-corrected chi connectivity index (χ0v) is 12.3. The fourth-order valence-electron chi connectivity index (χ4n) is 1.87. The predicted molar refractivity (Wildman–Crippen MR) is 79.6 cm³/mol. The van der Waals surface area contributed by atoms with Crippen molar-refractivity contribution in [2.75, 3.05) is 5.32 Å². The van der Waals surface area contributed by atoms with Gasteiger partial charge in [-0.25, -0.2) is 9.59 Å². The summed E-state index contributed by atoms with van der Waals surface area (Å²) < 4.78 is 0. The summed E-state index contributed by atoms with van der Waals surface area (Å²) in [5.74, 6) is -1.14. The fourth-order valence-corrected chi connectivity index (χ4v) is 2.05. The minimum atomic E-state index is -1.14. The van der Waals surface area contributed by atoms with Crippen LogP contribution in [0.2, 0.25) is 5.02 Å². The Labute approximate surface area is 123 Å². The van der Waals surface area contributed by atoms with Gasteiger partial charge in [0, 0.05) is 11.1 Å². The number of hydrogen-bond acceptors (Lipinski definition) is 2. The first-order valence-corrected chi connectivity index (χ1v) is 6.96. The maximum Gasteiger partial charge on any atom is 0.337 e. The van der Waals surface area contributed by atoms with Gasteiger partial charge in [-0.05, 0) is 31.0 Å². The molecule has 1 aromatic rings. The maximum atomic E-state index is 11.9. The number of carboxylic acids is 1. The van der Waals surface area contributed by atoms with Crippen LogP contribution in [0.3, 0.4) is 0 Å². The first-order chi connectivity index (χ1) is 9.47. The largest absolute Gasteiger partial charge is 0.478 e. The lowest BCUT2D eigenvalue weighted by Gasteiger charge is -2.17. The second kappa shape index (κ2) is 7.75. The summed E-state index contributed by atoms with van der Waals surface area (Å²) >= 11 is 5.75. The highest BCUT2D eigenvalue weighted by atomic mass is 35.5. The molecule has 0 radical (unpaired) electrons. The van der Waals surface area contributed by atoms with E-state index in [2.05, 4.69) is 10.6 Å². The van der Waals surface area contributed by atoms with Crippen LogP contribution >= 0.6 is 11.6 Å². The van der Waals surface area contributed by atoms with Crippen molar-refractivity contribution in [3.63, 3.8) is 0 Å². The van der Waals surface area contributed by atoms with Gasteiger partial charge in [0.1, 0.15) is 0 Å². The quantitative estimate of drug-likeness (QED) is 0.748. The van der Waals surface area contributed by atoms with Crippen molar-refractivity contribution in [2.24, 2.45) is 0 Å². The van der Waals surface area contributed by atoms with E-state index in [1.54, 1.807) is 0 Å². The molecule has 1 rings (SSSR count). The number of rotatable bonds is 6. The van der Waals surface area contributed by atoms with Crippen LogP contribution in [0.15, 0.2) is 18.2 Å². The molecule has 110 valence electrons. The Morgan fingerprint density at radius 2 is 2.05 bits per heavy atom. The van der Waals surface area contributed by atoms with E-state index in [9.17, 15) is 9.59 Å². The van der Waals surface area contributed by atoms with E-state index < -0.39 is 12.0 Å². The Kier molecular flexibility index (Phi) is 6.31. The standard InChI is InChI=1S/C14H19ClN2O3/c1-3-5-10(4-2)16-14(20)17-12-7-6-9(15)8-11(12)13(18)19/h6-8,10H,3-5H2,1-2H3,(H,18,19)(H2,16,17,20). The molecule has 3 N–H and O–H groups in total. The number of amides is 2. The van der Waals surface area contributed by atoms with Crippen LogP contribution in [0.4, 0.5) is 10.5 Å². The number of carbonyl (C=O) groups is 2. The second-order valence-corrected chi connectivity index (χ2v) is 4.92. The van der Waals surface area contributed by atoms with Crippen LogP contribution in [0, 0.1) is 0 Å². The molecule has 1 unspecified atom stereocenters. The number of benzene rings is 1. The first kappa shape index (κ1) is 16.3. The number of carboxylic acid groups (broad SMARTS) is 1. The van der Waals surface area contributed by atoms with Gasteiger partial charge < -0.3 is 15.7 Å². The lowest BCUT2D eigenvalue weighted by Crippen LogP contribution is -2.37. The van der Waals surface area contributed by atoms with Crippen molar-refractivity contribution in [1.82, 2.24) is 5.32 Å². The van der Waals surface area contributed by atoms with Gasteiger partial charge in [-0.3, -0.25) is 0 Å². The minimum Gasteiger partial charge on any atom is -0.478 e. The molecule has 0 aliphatic carbocycles. The van der Waals surface area contributed by atoms with E-state index in [1.807, 2.05) is 13.8 Å². The number of aromatic carboxylic acids is 1. The summed E-state index contributed by atoms with van der Waals surface area (Å²) in [6.45, 7) is 4.04. The Hall–Kier alpha value is -1.75. The second-order valence-electron chi connectivity index (χ2n) is 4.49. The average molecular weight is 299 g/mol. The minimum absolute atomic E-state index is 0.0313. The molecule has 0 spiro atoms. The highest BCUT2D eigenvalue weighted by Crippen LogP contribution is 2.20. The third kappa shape index (κ3) is 4.74. The molecular formula is C14H19ClN2O3. The monoisotopic (exact) mass is 298 g/mol. The summed E-state index contributed by atoms with van der Waals surface area (Å²) in [5, 5.41) is 14.8. The molecule has 2 amide bonds. The summed E-state index contributed by atoms with van der Waals surface area (Å²) in [7, 11) is 0. The van der Waals surface area contributed by atoms with Crippen LogP contribution in [-0.4, -0.2) is 23.1 Å². The molecule has 0 aliphatic rings. The molecule has 0 saturated heterocycles. The van der Waals surface area contributed by atoms with Crippen molar-refractivity contribution >= 4 is 29.3 Å². The molecule has 0 fully saturated rings. The maximum absolute atomic E-state index is 11.9. The van der Waals surface area contributed by atoms with Crippen LogP contribution in [0.25, 0.3) is 0 Å². The van der Waals surface area contributed by atoms with Gasteiger partial charge in [-0.15, -0.1) is 0 Å². The van der Waals surface area contributed by atoms with Crippen LogP contribution in [0.5, 0.6) is 0 Å². The van der Waals surface area contributed by atoms with E-state index in [0.717, 1.165) is 19.3 Å². The van der Waals surface area contributed by atoms with Crippen molar-refractivity contribution in [1.29, 1.82) is 0 Å². The van der Waals surface area contributed by atoms with Gasteiger partial charge in [0.25, 0.3) is 0 Å². The van der Waals surface area contributed by atoms with Crippen LogP contribution in [0.1, 0.15) is 43.5 Å². The Balaban J connectivity index is 2.77. The number of halogens is 1. The lowest BCUT2D eigenvalue weighted by molar-refractivity contribution is 0.0698. The van der Waals surface area contributed by atoms with Gasteiger partial charge >= 0.3 is 12.0 Å². The SMILES string of the molecule is CCCC(CC)NC(=O)Nc1ccc(Cl)cc1C(=O)O.